The molecule has 9 heteroatoms. The van der Waals surface area contributed by atoms with Crippen molar-refractivity contribution in [3.05, 3.63) is 117 Å². The van der Waals surface area contributed by atoms with Gasteiger partial charge in [-0.3, -0.25) is 4.79 Å². The third-order valence-electron chi connectivity index (χ3n) is 6.03. The van der Waals surface area contributed by atoms with Crippen LogP contribution in [0.1, 0.15) is 40.4 Å². The van der Waals surface area contributed by atoms with Crippen LogP contribution in [0.3, 0.4) is 0 Å². The van der Waals surface area contributed by atoms with Gasteiger partial charge in [0.25, 0.3) is 0 Å². The molecule has 1 heterocycles. The molecule has 0 amide bonds. The first-order valence-electron chi connectivity index (χ1n) is 11.7. The van der Waals surface area contributed by atoms with Gasteiger partial charge in [0.1, 0.15) is 17.4 Å². The van der Waals surface area contributed by atoms with E-state index in [0.29, 0.717) is 46.7 Å². The minimum absolute atomic E-state index is 0.00712. The zero-order valence-corrected chi connectivity index (χ0v) is 22.8. The topological polar surface area (TPSA) is 32.8 Å². The van der Waals surface area contributed by atoms with Crippen molar-refractivity contribution >= 4 is 52.2 Å². The average molecular weight is 582 g/mol. The van der Waals surface area contributed by atoms with Gasteiger partial charge in [0.15, 0.2) is 5.78 Å². The second kappa shape index (κ2) is 13.0. The van der Waals surface area contributed by atoms with Crippen LogP contribution in [0.15, 0.2) is 79.1 Å². The quantitative estimate of drug-likeness (QED) is 0.129. The lowest BCUT2D eigenvalue weighted by molar-refractivity contribution is 0.00682. The maximum Gasteiger partial charge on any atom is 0.162 e. The highest BCUT2D eigenvalue weighted by Crippen LogP contribution is 2.33. The fraction of sp³-hybridized carbons (Fsp3) is 0.250. The van der Waals surface area contributed by atoms with Gasteiger partial charge in [0, 0.05) is 46.0 Å². The Kier molecular flexibility index (Phi) is 9.74. The summed E-state index contributed by atoms with van der Waals surface area (Å²) in [6.45, 7) is 1.48. The Morgan fingerprint density at radius 3 is 2.35 bits per heavy atom. The molecule has 0 spiro atoms. The highest BCUT2D eigenvalue weighted by atomic mass is 35.5. The highest BCUT2D eigenvalue weighted by Gasteiger charge is 2.29. The van der Waals surface area contributed by atoms with E-state index in [2.05, 4.69) is 4.90 Å². The number of nitrogens with zero attached hydrogens (tertiary/aromatic N) is 2. The standard InChI is InChI=1S/C28H25Cl4FN2O2/c29-22-8-3-20(4-9-22)27(37-17-21-5-10-23(30)16-25(21)31)28(32)35-15-14-34(18-35)13-1-2-26(36)19-6-11-24(33)12-7-19/h3-12,14-16,27-28H,1-2,13,17-18H2. The van der Waals surface area contributed by atoms with Gasteiger partial charge in [0.05, 0.1) is 13.3 Å². The molecule has 0 fully saturated rings. The molecule has 0 aromatic heterocycles. The largest absolute Gasteiger partial charge is 0.365 e. The first-order valence-corrected chi connectivity index (χ1v) is 13.3. The number of alkyl halides is 1. The van der Waals surface area contributed by atoms with E-state index in [-0.39, 0.29) is 18.2 Å². The third-order valence-corrected chi connectivity index (χ3v) is 7.35. The van der Waals surface area contributed by atoms with Crippen LogP contribution in [-0.4, -0.2) is 34.3 Å². The van der Waals surface area contributed by atoms with Gasteiger partial charge in [-0.15, -0.1) is 0 Å². The Bertz CT molecular complexity index is 1240. The van der Waals surface area contributed by atoms with E-state index in [9.17, 15) is 9.18 Å². The maximum atomic E-state index is 13.1. The monoisotopic (exact) mass is 580 g/mol. The minimum atomic E-state index is -0.519. The summed E-state index contributed by atoms with van der Waals surface area (Å²) in [4.78, 5) is 16.4. The number of Topliss-reactive ketones (excluding diaryl/α,β-unsaturated/α-hetero) is 1. The number of hydrogen-bond donors (Lipinski definition) is 0. The summed E-state index contributed by atoms with van der Waals surface area (Å²) >= 11 is 25.4. The van der Waals surface area contributed by atoms with Crippen molar-refractivity contribution in [3.63, 3.8) is 0 Å². The number of ketones is 1. The van der Waals surface area contributed by atoms with Crippen molar-refractivity contribution < 1.29 is 13.9 Å². The Hall–Kier alpha value is -2.28. The summed E-state index contributed by atoms with van der Waals surface area (Å²) in [5.41, 5.74) is 1.68. The van der Waals surface area contributed by atoms with Crippen LogP contribution in [0.5, 0.6) is 0 Å². The second-order valence-electron chi connectivity index (χ2n) is 8.69. The van der Waals surface area contributed by atoms with Crippen molar-refractivity contribution in [2.45, 2.75) is 31.1 Å². The van der Waals surface area contributed by atoms with E-state index in [1.54, 1.807) is 24.3 Å². The lowest BCUT2D eigenvalue weighted by atomic mass is 10.1. The minimum Gasteiger partial charge on any atom is -0.365 e. The smallest absolute Gasteiger partial charge is 0.162 e. The normalized spacial score (nSPS) is 14.7. The molecule has 2 unspecified atom stereocenters. The second-order valence-corrected chi connectivity index (χ2v) is 10.4. The number of carbonyl (C=O) groups excluding carboxylic acids is 1. The van der Waals surface area contributed by atoms with Crippen LogP contribution < -0.4 is 0 Å². The van der Waals surface area contributed by atoms with E-state index in [0.717, 1.165) is 11.1 Å². The molecule has 1 aliphatic heterocycles. The van der Waals surface area contributed by atoms with Crippen molar-refractivity contribution in [3.8, 4) is 0 Å². The molecule has 3 aromatic carbocycles. The molecule has 0 saturated heterocycles. The zero-order valence-electron chi connectivity index (χ0n) is 19.8. The van der Waals surface area contributed by atoms with Crippen molar-refractivity contribution in [2.75, 3.05) is 13.2 Å². The summed E-state index contributed by atoms with van der Waals surface area (Å²) in [6.07, 6.45) is 4.43. The van der Waals surface area contributed by atoms with E-state index >= 15 is 0 Å². The van der Waals surface area contributed by atoms with Gasteiger partial charge in [-0.05, 0) is 66.1 Å². The van der Waals surface area contributed by atoms with Crippen LogP contribution in [-0.2, 0) is 11.3 Å². The Morgan fingerprint density at radius 2 is 1.65 bits per heavy atom. The molecule has 2 atom stereocenters. The van der Waals surface area contributed by atoms with Crippen LogP contribution in [0, 0.1) is 5.82 Å². The van der Waals surface area contributed by atoms with Gasteiger partial charge >= 0.3 is 0 Å². The summed E-state index contributed by atoms with van der Waals surface area (Å²) in [7, 11) is 0. The molecule has 37 heavy (non-hydrogen) atoms. The van der Waals surface area contributed by atoms with E-state index < -0.39 is 11.6 Å². The zero-order chi connectivity index (χ0) is 26.4. The molecule has 0 saturated carbocycles. The van der Waals surface area contributed by atoms with Crippen LogP contribution in [0.4, 0.5) is 4.39 Å². The Balaban J connectivity index is 1.35. The highest BCUT2D eigenvalue weighted by molar-refractivity contribution is 6.35. The van der Waals surface area contributed by atoms with Gasteiger partial charge < -0.3 is 14.5 Å². The summed E-state index contributed by atoms with van der Waals surface area (Å²) in [6, 6.07) is 18.3. The number of benzene rings is 3. The molecular formula is C28H25Cl4FN2O2. The lowest BCUT2D eigenvalue weighted by Crippen LogP contribution is -2.36. The molecule has 0 aliphatic carbocycles. The van der Waals surface area contributed by atoms with Gasteiger partial charge in [-0.25, -0.2) is 4.39 Å². The van der Waals surface area contributed by atoms with E-state index in [1.807, 2.05) is 35.5 Å². The van der Waals surface area contributed by atoms with Crippen molar-refractivity contribution in [1.82, 2.24) is 9.80 Å². The number of ether oxygens (including phenoxy) is 1. The van der Waals surface area contributed by atoms with Gasteiger partial charge in [-0.1, -0.05) is 64.6 Å². The Morgan fingerprint density at radius 1 is 0.946 bits per heavy atom. The molecule has 3 aromatic rings. The van der Waals surface area contributed by atoms with Crippen LogP contribution in [0.2, 0.25) is 15.1 Å². The summed E-state index contributed by atoms with van der Waals surface area (Å²) in [5, 5.41) is 1.70. The van der Waals surface area contributed by atoms with E-state index in [4.69, 9.17) is 51.1 Å². The first kappa shape index (κ1) is 27.7. The number of halogens is 5. The lowest BCUT2D eigenvalue weighted by Gasteiger charge is -2.31. The van der Waals surface area contributed by atoms with E-state index in [1.165, 1.54) is 24.3 Å². The third kappa shape index (κ3) is 7.62. The fourth-order valence-electron chi connectivity index (χ4n) is 3.99. The van der Waals surface area contributed by atoms with Crippen molar-refractivity contribution in [2.24, 2.45) is 0 Å². The number of hydrogen-bond acceptors (Lipinski definition) is 4. The molecular weight excluding hydrogens is 557 g/mol. The Labute approximate surface area is 236 Å². The molecule has 4 rings (SSSR count). The SMILES string of the molecule is O=C(CCCN1C=CN(C(Cl)C(OCc2ccc(Cl)cc2Cl)c2ccc(Cl)cc2)C1)c1ccc(F)cc1. The van der Waals surface area contributed by atoms with Crippen LogP contribution in [0.25, 0.3) is 0 Å². The maximum absolute atomic E-state index is 13.1. The molecule has 1 aliphatic rings. The fourth-order valence-corrected chi connectivity index (χ4v) is 4.93. The summed E-state index contributed by atoms with van der Waals surface area (Å²) in [5.74, 6) is -0.362. The molecule has 4 nitrogen and oxygen atoms in total. The molecule has 0 radical (unpaired) electrons. The first-order chi connectivity index (χ1) is 17.8. The van der Waals surface area contributed by atoms with Gasteiger partial charge in [-0.2, -0.15) is 0 Å². The van der Waals surface area contributed by atoms with Crippen molar-refractivity contribution in [1.29, 1.82) is 0 Å². The molecule has 194 valence electrons. The predicted octanol–water partition coefficient (Wildman–Crippen LogP) is 8.32. The number of rotatable bonds is 11. The van der Waals surface area contributed by atoms with Crippen LogP contribution >= 0.6 is 46.4 Å². The van der Waals surface area contributed by atoms with Gasteiger partial charge in [0.2, 0.25) is 0 Å². The molecule has 0 N–H and O–H groups in total. The molecule has 0 bridgehead atoms. The predicted molar refractivity (Wildman–Crippen MR) is 148 cm³/mol. The number of carbonyl (C=O) groups is 1. The average Bonchev–Trinajstić information content (AvgIpc) is 3.35. The summed E-state index contributed by atoms with van der Waals surface area (Å²) < 4.78 is 19.4.